The number of methoxy groups -OCH3 is 1. The van der Waals surface area contributed by atoms with Crippen LogP contribution in [0.2, 0.25) is 0 Å². The lowest BCUT2D eigenvalue weighted by molar-refractivity contribution is -0.118. The summed E-state index contributed by atoms with van der Waals surface area (Å²) in [5.74, 6) is -0.0951. The maximum atomic E-state index is 12.5. The van der Waals surface area contributed by atoms with Crippen LogP contribution in [0.3, 0.4) is 0 Å². The Morgan fingerprint density at radius 1 is 0.882 bits per heavy atom. The third kappa shape index (κ3) is 6.71. The Labute approximate surface area is 198 Å². The van der Waals surface area contributed by atoms with Crippen LogP contribution in [0.1, 0.15) is 16.7 Å². The molecule has 2 N–H and O–H groups in total. The fourth-order valence-electron chi connectivity index (χ4n) is 3.02. The van der Waals surface area contributed by atoms with Crippen molar-refractivity contribution in [3.63, 3.8) is 0 Å². The Morgan fingerprint density at radius 3 is 2.03 bits per heavy atom. The average molecular weight is 456 g/mol. The maximum absolute atomic E-state index is 12.5. The lowest BCUT2D eigenvalue weighted by Crippen LogP contribution is -2.20. The first kappa shape index (κ1) is 24.1. The fourth-order valence-corrected chi connectivity index (χ4v) is 3.02. The van der Waals surface area contributed by atoms with Crippen LogP contribution in [0.15, 0.2) is 72.3 Å². The van der Waals surface area contributed by atoms with Gasteiger partial charge in [0.2, 0.25) is 0 Å². The molecule has 0 bridgehead atoms. The van der Waals surface area contributed by atoms with Gasteiger partial charge in [-0.05, 0) is 61.9 Å². The molecule has 0 aliphatic carbocycles. The van der Waals surface area contributed by atoms with Crippen molar-refractivity contribution < 1.29 is 19.1 Å². The van der Waals surface area contributed by atoms with E-state index < -0.39 is 5.91 Å². The van der Waals surface area contributed by atoms with Crippen LogP contribution in [0.25, 0.3) is 6.08 Å². The molecule has 0 saturated heterocycles. The molecule has 0 radical (unpaired) electrons. The first-order chi connectivity index (χ1) is 16.4. The van der Waals surface area contributed by atoms with Crippen LogP contribution in [0.5, 0.6) is 11.5 Å². The second kappa shape index (κ2) is 11.3. The van der Waals surface area contributed by atoms with Gasteiger partial charge in [0.1, 0.15) is 11.6 Å². The number of hydrogen-bond acceptors (Lipinski definition) is 5. The number of aryl methyl sites for hydroxylation is 2. The predicted octanol–water partition coefficient (Wildman–Crippen LogP) is 4.88. The molecule has 2 amide bonds. The minimum atomic E-state index is -0.515. The number of nitriles is 1. The van der Waals surface area contributed by atoms with Gasteiger partial charge in [0, 0.05) is 11.4 Å². The topological polar surface area (TPSA) is 100 Å². The van der Waals surface area contributed by atoms with Gasteiger partial charge in [-0.2, -0.15) is 5.26 Å². The van der Waals surface area contributed by atoms with E-state index in [0.717, 1.165) is 11.1 Å². The van der Waals surface area contributed by atoms with Gasteiger partial charge in [-0.1, -0.05) is 41.5 Å². The van der Waals surface area contributed by atoms with Crippen molar-refractivity contribution in [3.8, 4) is 17.6 Å². The molecule has 34 heavy (non-hydrogen) atoms. The molecule has 0 atom stereocenters. The Morgan fingerprint density at radius 2 is 1.47 bits per heavy atom. The highest BCUT2D eigenvalue weighted by Crippen LogP contribution is 2.29. The first-order valence-electron chi connectivity index (χ1n) is 10.5. The molecule has 7 nitrogen and oxygen atoms in total. The Bertz CT molecular complexity index is 1240. The number of carbonyl (C=O) groups excluding carboxylic acids is 2. The van der Waals surface area contributed by atoms with E-state index in [1.165, 1.54) is 13.2 Å². The van der Waals surface area contributed by atoms with Crippen molar-refractivity contribution in [1.82, 2.24) is 0 Å². The highest BCUT2D eigenvalue weighted by molar-refractivity contribution is 6.09. The lowest BCUT2D eigenvalue weighted by Gasteiger charge is -2.12. The third-order valence-corrected chi connectivity index (χ3v) is 4.87. The van der Waals surface area contributed by atoms with Gasteiger partial charge in [-0.25, -0.2) is 0 Å². The van der Waals surface area contributed by atoms with Gasteiger partial charge < -0.3 is 20.1 Å². The zero-order valence-electron chi connectivity index (χ0n) is 19.2. The predicted molar refractivity (Wildman–Crippen MR) is 132 cm³/mol. The van der Waals surface area contributed by atoms with Crippen LogP contribution in [0.4, 0.5) is 11.4 Å². The quantitative estimate of drug-likeness (QED) is 0.373. The molecular weight excluding hydrogens is 430 g/mol. The number of rotatable bonds is 8. The normalized spacial score (nSPS) is 10.7. The number of anilines is 2. The minimum absolute atomic E-state index is 0.0613. The van der Waals surface area contributed by atoms with Crippen LogP contribution in [-0.4, -0.2) is 25.5 Å². The van der Waals surface area contributed by atoms with Crippen LogP contribution in [-0.2, 0) is 9.59 Å². The monoisotopic (exact) mass is 455 g/mol. The van der Waals surface area contributed by atoms with Crippen molar-refractivity contribution in [2.45, 2.75) is 13.8 Å². The summed E-state index contributed by atoms with van der Waals surface area (Å²) in [4.78, 5) is 24.7. The summed E-state index contributed by atoms with van der Waals surface area (Å²) < 4.78 is 11.0. The van der Waals surface area contributed by atoms with E-state index in [2.05, 4.69) is 10.6 Å². The largest absolute Gasteiger partial charge is 0.493 e. The molecule has 3 rings (SSSR count). The number of carbonyl (C=O) groups is 2. The van der Waals surface area contributed by atoms with Gasteiger partial charge in [0.05, 0.1) is 7.11 Å². The summed E-state index contributed by atoms with van der Waals surface area (Å²) in [6.45, 7) is 3.71. The molecular formula is C27H25N3O4. The number of nitrogens with one attached hydrogen (secondary N) is 2. The summed E-state index contributed by atoms with van der Waals surface area (Å²) in [7, 11) is 1.47. The van der Waals surface area contributed by atoms with Crippen LogP contribution < -0.4 is 20.1 Å². The number of ether oxygens (including phenoxy) is 2. The van der Waals surface area contributed by atoms with E-state index >= 15 is 0 Å². The van der Waals surface area contributed by atoms with E-state index in [1.54, 1.807) is 30.3 Å². The Kier molecular flexibility index (Phi) is 8.03. The molecule has 3 aromatic rings. The fraction of sp³-hybridized carbons (Fsp3) is 0.148. The Hall–Kier alpha value is -4.57. The van der Waals surface area contributed by atoms with Crippen molar-refractivity contribution in [2.75, 3.05) is 24.4 Å². The zero-order chi connectivity index (χ0) is 24.5. The highest BCUT2D eigenvalue weighted by atomic mass is 16.5. The molecule has 172 valence electrons. The second-order valence-electron chi connectivity index (χ2n) is 7.60. The average Bonchev–Trinajstić information content (AvgIpc) is 2.84. The molecule has 7 heteroatoms. The second-order valence-corrected chi connectivity index (χ2v) is 7.60. The van der Waals surface area contributed by atoms with Gasteiger partial charge in [-0.3, -0.25) is 9.59 Å². The highest BCUT2D eigenvalue weighted by Gasteiger charge is 2.12. The van der Waals surface area contributed by atoms with E-state index in [1.807, 2.05) is 56.3 Å². The SMILES string of the molecule is COc1cc(/C=C(\C#N)C(=O)Nc2ccc(C)cc2)ccc1OCC(=O)Nc1ccc(C)cc1. The minimum Gasteiger partial charge on any atom is -0.493 e. The van der Waals surface area contributed by atoms with Crippen LogP contribution in [0, 0.1) is 25.2 Å². The van der Waals surface area contributed by atoms with E-state index in [0.29, 0.717) is 28.4 Å². The Balaban J connectivity index is 1.66. The van der Waals surface area contributed by atoms with Crippen LogP contribution >= 0.6 is 0 Å². The summed E-state index contributed by atoms with van der Waals surface area (Å²) >= 11 is 0. The van der Waals surface area contributed by atoms with Crippen molar-refractivity contribution in [3.05, 3.63) is 89.0 Å². The van der Waals surface area contributed by atoms with E-state index in [-0.39, 0.29) is 18.1 Å². The van der Waals surface area contributed by atoms with Crippen molar-refractivity contribution in [1.29, 1.82) is 5.26 Å². The van der Waals surface area contributed by atoms with Gasteiger partial charge >= 0.3 is 0 Å². The first-order valence-corrected chi connectivity index (χ1v) is 10.5. The molecule has 0 aliphatic heterocycles. The summed E-state index contributed by atoms with van der Waals surface area (Å²) in [6, 6.07) is 21.6. The molecule has 0 spiro atoms. The summed E-state index contributed by atoms with van der Waals surface area (Å²) in [5.41, 5.74) is 3.95. The molecule has 0 fully saturated rings. The number of benzene rings is 3. The number of amides is 2. The molecule has 0 aliphatic rings. The van der Waals surface area contributed by atoms with E-state index in [9.17, 15) is 14.9 Å². The van der Waals surface area contributed by atoms with Crippen molar-refractivity contribution >= 4 is 29.3 Å². The third-order valence-electron chi connectivity index (χ3n) is 4.87. The number of nitrogens with zero attached hydrogens (tertiary/aromatic N) is 1. The van der Waals surface area contributed by atoms with Crippen molar-refractivity contribution in [2.24, 2.45) is 0 Å². The number of hydrogen-bond donors (Lipinski definition) is 2. The standard InChI is InChI=1S/C27H25N3O4/c1-18-4-9-22(10-5-18)29-26(31)17-34-24-13-8-20(15-25(24)33-3)14-21(16-28)27(32)30-23-11-6-19(2)7-12-23/h4-15H,17H2,1-3H3,(H,29,31)(H,30,32)/b21-14+. The summed E-state index contributed by atoms with van der Waals surface area (Å²) in [5, 5.41) is 14.9. The zero-order valence-corrected chi connectivity index (χ0v) is 19.2. The molecule has 0 heterocycles. The van der Waals surface area contributed by atoms with Gasteiger partial charge in [0.15, 0.2) is 18.1 Å². The van der Waals surface area contributed by atoms with Gasteiger partial charge in [-0.15, -0.1) is 0 Å². The molecule has 0 saturated carbocycles. The summed E-state index contributed by atoms with van der Waals surface area (Å²) in [6.07, 6.45) is 1.46. The molecule has 0 unspecified atom stereocenters. The maximum Gasteiger partial charge on any atom is 0.266 e. The van der Waals surface area contributed by atoms with Gasteiger partial charge in [0.25, 0.3) is 11.8 Å². The smallest absolute Gasteiger partial charge is 0.266 e. The lowest BCUT2D eigenvalue weighted by atomic mass is 10.1. The van der Waals surface area contributed by atoms with E-state index in [4.69, 9.17) is 9.47 Å². The molecule has 3 aromatic carbocycles. The molecule has 0 aromatic heterocycles.